The predicted molar refractivity (Wildman–Crippen MR) is 54.7 cm³/mol. The average molecular weight is 402 g/mol. The molecule has 1 rings (SSSR count). The number of halogens is 2. The van der Waals surface area contributed by atoms with Gasteiger partial charge in [0.1, 0.15) is 5.75 Å². The van der Waals surface area contributed by atoms with Crippen molar-refractivity contribution in [2.24, 2.45) is 0 Å². The first-order chi connectivity index (χ1) is 6.27. The van der Waals surface area contributed by atoms with Crippen LogP contribution in [0.4, 0.5) is 0 Å². The lowest BCUT2D eigenvalue weighted by molar-refractivity contribution is -0.358. The molecule has 0 saturated heterocycles. The van der Waals surface area contributed by atoms with E-state index in [0.717, 1.165) is 9.99 Å². The summed E-state index contributed by atoms with van der Waals surface area (Å²) in [5.41, 5.74) is 1.06. The Labute approximate surface area is 104 Å². The molecule has 0 amide bonds. The zero-order valence-corrected chi connectivity index (χ0v) is 11.1. The van der Waals surface area contributed by atoms with Gasteiger partial charge in [-0.15, -0.1) is 0 Å². The van der Waals surface area contributed by atoms with Crippen LogP contribution in [0.1, 0.15) is 5.56 Å². The number of esters is 1. The zero-order chi connectivity index (χ0) is 9.68. The molecule has 2 nitrogen and oxygen atoms in total. The Kier molecular flexibility index (Phi) is 5.00. The lowest BCUT2D eigenvalue weighted by Crippen LogP contribution is -3.36. The Balaban J connectivity index is 2.81. The van der Waals surface area contributed by atoms with Gasteiger partial charge in [-0.2, -0.15) is 0 Å². The summed E-state index contributed by atoms with van der Waals surface area (Å²) in [6.45, 7) is 0. The number of ether oxygens (including phenoxy) is 1. The van der Waals surface area contributed by atoms with Crippen molar-refractivity contribution in [1.29, 1.82) is 0 Å². The van der Waals surface area contributed by atoms with E-state index >= 15 is 0 Å². The van der Waals surface area contributed by atoms with Crippen LogP contribution in [0.3, 0.4) is 0 Å². The molecular weight excluding hydrogens is 394 g/mol. The minimum absolute atomic E-state index is 0.196. The standard InChI is InChI=1S/C9H8I2O2/c10-5-7-3-1-2-4-8(7)13-9(12)6-11/h1-4H,5-6H2/q-1. The molecular formula is C9H8I2O2-. The van der Waals surface area contributed by atoms with E-state index in [-0.39, 0.29) is 5.97 Å². The third kappa shape index (κ3) is 3.41. The van der Waals surface area contributed by atoms with Crippen LogP contribution in [0, 0.1) is 0 Å². The number of benzene rings is 1. The summed E-state index contributed by atoms with van der Waals surface area (Å²) in [5.74, 6) is 0.483. The van der Waals surface area contributed by atoms with E-state index in [2.05, 4.69) is 22.6 Å². The Morgan fingerprint density at radius 2 is 2.15 bits per heavy atom. The van der Waals surface area contributed by atoms with Crippen molar-refractivity contribution in [3.63, 3.8) is 0 Å². The Hall–Kier alpha value is 0.150. The fourth-order valence-corrected chi connectivity index (χ4v) is 1.65. The molecule has 0 aliphatic heterocycles. The van der Waals surface area contributed by atoms with Gasteiger partial charge in [0.05, 0.1) is 0 Å². The van der Waals surface area contributed by atoms with Gasteiger partial charge >= 0.3 is 0 Å². The maximum absolute atomic E-state index is 11.0. The molecule has 0 aromatic heterocycles. The average Bonchev–Trinajstić information content (AvgIpc) is 2.18. The monoisotopic (exact) mass is 402 g/mol. The number of hydrogen-bond acceptors (Lipinski definition) is 2. The second-order valence-corrected chi connectivity index (χ2v) is 3.87. The first kappa shape index (κ1) is 11.2. The quantitative estimate of drug-likeness (QED) is 0.283. The van der Waals surface area contributed by atoms with E-state index in [4.69, 9.17) is 4.74 Å². The fourth-order valence-electron chi connectivity index (χ4n) is 0.864. The lowest BCUT2D eigenvalue weighted by atomic mass is 10.2. The SMILES string of the molecule is O=C(C[I-])Oc1ccccc1CI. The molecule has 13 heavy (non-hydrogen) atoms. The largest absolute Gasteiger partial charge is 0.785 e. The van der Waals surface area contributed by atoms with E-state index in [1.54, 1.807) is 0 Å². The number of hydrogen-bond donors (Lipinski definition) is 0. The van der Waals surface area contributed by atoms with Crippen LogP contribution in [-0.2, 0) is 9.22 Å². The Morgan fingerprint density at radius 3 is 2.77 bits per heavy atom. The van der Waals surface area contributed by atoms with Crippen molar-refractivity contribution in [3.05, 3.63) is 29.8 Å². The van der Waals surface area contributed by atoms with Crippen molar-refractivity contribution in [2.75, 3.05) is 4.43 Å². The molecule has 0 atom stereocenters. The highest BCUT2D eigenvalue weighted by Crippen LogP contribution is 2.20. The topological polar surface area (TPSA) is 26.3 Å². The molecule has 0 heterocycles. The fraction of sp³-hybridized carbons (Fsp3) is 0.222. The molecule has 0 unspecified atom stereocenters. The number of para-hydroxylation sites is 1. The molecule has 0 fully saturated rings. The molecule has 71 valence electrons. The molecule has 0 aliphatic carbocycles. The lowest BCUT2D eigenvalue weighted by Gasteiger charge is -2.08. The zero-order valence-electron chi connectivity index (χ0n) is 6.80. The second kappa shape index (κ2) is 5.79. The molecule has 0 bridgehead atoms. The smallest absolute Gasteiger partial charge is 0.287 e. The molecule has 0 saturated carbocycles. The maximum atomic E-state index is 11.0. The highest BCUT2D eigenvalue weighted by Gasteiger charge is 2.03. The summed E-state index contributed by atoms with van der Waals surface area (Å²) in [5, 5.41) is 0. The highest BCUT2D eigenvalue weighted by molar-refractivity contribution is 14.1. The third-order valence-electron chi connectivity index (χ3n) is 1.45. The molecule has 0 N–H and O–H groups in total. The minimum Gasteiger partial charge on any atom is -0.785 e. The summed E-state index contributed by atoms with van der Waals surface area (Å²) in [6.07, 6.45) is 0. The summed E-state index contributed by atoms with van der Waals surface area (Å²) in [4.78, 5) is 11.0. The molecule has 4 heteroatoms. The van der Waals surface area contributed by atoms with Gasteiger partial charge in [-0.1, -0.05) is 45.2 Å². The summed E-state index contributed by atoms with van der Waals surface area (Å²) < 4.78 is 6.37. The van der Waals surface area contributed by atoms with Gasteiger partial charge in [-0.25, -0.2) is 0 Å². The van der Waals surface area contributed by atoms with E-state index < -0.39 is 0 Å². The van der Waals surface area contributed by atoms with Crippen LogP contribution in [0.25, 0.3) is 0 Å². The van der Waals surface area contributed by atoms with Gasteiger partial charge in [-0.05, 0) is 6.07 Å². The number of carbonyl (C=O) groups excluding carboxylic acids is 1. The maximum Gasteiger partial charge on any atom is 0.287 e. The molecule has 1 radical (unpaired) electrons. The van der Waals surface area contributed by atoms with Gasteiger partial charge in [0, 0.05) is 9.99 Å². The minimum atomic E-state index is -0.196. The van der Waals surface area contributed by atoms with Crippen LogP contribution in [0.5, 0.6) is 5.75 Å². The number of alkyl halides is 2. The summed E-state index contributed by atoms with van der Waals surface area (Å²) >= 11 is 4.23. The molecule has 1 aromatic rings. The van der Waals surface area contributed by atoms with Crippen molar-refractivity contribution in [2.45, 2.75) is 4.43 Å². The molecule has 0 aliphatic rings. The highest BCUT2D eigenvalue weighted by atomic mass is 127. The Morgan fingerprint density at radius 1 is 1.46 bits per heavy atom. The van der Waals surface area contributed by atoms with E-state index in [1.165, 1.54) is 0 Å². The summed E-state index contributed by atoms with van der Waals surface area (Å²) in [6, 6.07) is 7.58. The third-order valence-corrected chi connectivity index (χ3v) is 2.89. The van der Waals surface area contributed by atoms with Crippen molar-refractivity contribution >= 4 is 28.6 Å². The van der Waals surface area contributed by atoms with Crippen LogP contribution in [0.2, 0.25) is 0 Å². The van der Waals surface area contributed by atoms with Crippen molar-refractivity contribution < 1.29 is 32.1 Å². The van der Waals surface area contributed by atoms with E-state index in [0.29, 0.717) is 10.2 Å². The van der Waals surface area contributed by atoms with E-state index in [9.17, 15) is 4.79 Å². The van der Waals surface area contributed by atoms with Crippen molar-refractivity contribution in [3.8, 4) is 5.75 Å². The van der Waals surface area contributed by atoms with Gasteiger partial charge in [0.2, 0.25) is 0 Å². The van der Waals surface area contributed by atoms with Gasteiger partial charge in [-0.3, -0.25) is 4.79 Å². The van der Waals surface area contributed by atoms with E-state index in [1.807, 2.05) is 46.9 Å². The van der Waals surface area contributed by atoms with Crippen LogP contribution in [0.15, 0.2) is 24.3 Å². The molecule has 1 aromatic carbocycles. The second-order valence-electron chi connectivity index (χ2n) is 2.35. The van der Waals surface area contributed by atoms with Crippen LogP contribution >= 0.6 is 22.6 Å². The summed E-state index contributed by atoms with van der Waals surface area (Å²) in [7, 11) is 0. The van der Waals surface area contributed by atoms with Crippen LogP contribution < -0.4 is 27.3 Å². The van der Waals surface area contributed by atoms with Crippen LogP contribution in [-0.4, -0.2) is 10.4 Å². The van der Waals surface area contributed by atoms with Gasteiger partial charge < -0.3 is 27.3 Å². The normalized spacial score (nSPS) is 9.69. The van der Waals surface area contributed by atoms with Crippen molar-refractivity contribution in [1.82, 2.24) is 0 Å². The molecule has 0 spiro atoms. The number of carbonyl (C=O) groups is 1. The first-order valence-corrected chi connectivity index (χ1v) is 6.73. The first-order valence-electron chi connectivity index (χ1n) is 3.68. The number of rotatable bonds is 3. The van der Waals surface area contributed by atoms with Gasteiger partial charge in [0.25, 0.3) is 5.97 Å². The predicted octanol–water partition coefficient (Wildman–Crippen LogP) is -0.920. The Bertz CT molecular complexity index is 299. The van der Waals surface area contributed by atoms with Gasteiger partial charge in [0.15, 0.2) is 0 Å².